The fraction of sp³-hybridized carbons (Fsp3) is 1.00. The Hall–Kier alpha value is 0.757. The highest BCUT2D eigenvalue weighted by Gasteiger charge is 2.19. The molecule has 0 aromatic carbocycles. The largest absolute Gasteiger partial charge is 0.330 e. The minimum Gasteiger partial charge on any atom is -0.330 e. The van der Waals surface area contributed by atoms with Gasteiger partial charge < -0.3 is 5.73 Å². The number of hydrogen-bond donors (Lipinski definition) is 1. The molecule has 0 aromatic heterocycles. The second kappa shape index (κ2) is 35.2. The van der Waals surface area contributed by atoms with Crippen molar-refractivity contribution in [2.24, 2.45) is 5.73 Å². The normalized spacial score (nSPS) is 12.0. The molecule has 0 bridgehead atoms. The summed E-state index contributed by atoms with van der Waals surface area (Å²) in [5, 5.41) is 0. The molecule has 1 nitrogen and oxygen atoms in total. The lowest BCUT2D eigenvalue weighted by Gasteiger charge is -2.09. The van der Waals surface area contributed by atoms with E-state index < -0.39 is 6.69 Å². The van der Waals surface area contributed by atoms with E-state index in [0.29, 0.717) is 0 Å². The smallest absolute Gasteiger partial charge is 0.248 e. The molecule has 0 aliphatic rings. The minimum absolute atomic E-state index is 0.872. The van der Waals surface area contributed by atoms with Gasteiger partial charge >= 0.3 is 0 Å². The van der Waals surface area contributed by atoms with E-state index in [4.69, 9.17) is 27.9 Å². The zero-order valence-corrected chi connectivity index (χ0v) is 30.8. The maximum absolute atomic E-state index is 6.16. The van der Waals surface area contributed by atoms with E-state index in [2.05, 4.69) is 0 Å². The molecule has 0 spiro atoms. The van der Waals surface area contributed by atoms with E-state index in [1.54, 1.807) is 0 Å². The fourth-order valence-electron chi connectivity index (χ4n) is 6.24. The van der Waals surface area contributed by atoms with Crippen molar-refractivity contribution in [3.8, 4) is 0 Å². The number of unbranched alkanes of at least 4 members (excludes halogenated alkanes) is 33. The Balaban J connectivity index is 3.04. The van der Waals surface area contributed by atoms with Crippen LogP contribution in [0.4, 0.5) is 0 Å². The van der Waals surface area contributed by atoms with Gasteiger partial charge in [0, 0.05) is 0 Å². The Morgan fingerprint density at radius 3 is 0.585 bits per heavy atom. The van der Waals surface area contributed by atoms with Gasteiger partial charge in [-0.15, -0.1) is 22.2 Å². The van der Waals surface area contributed by atoms with Crippen molar-refractivity contribution in [1.29, 1.82) is 0 Å². The molecule has 0 fully saturated rings. The Kier molecular flexibility index (Phi) is 35.9. The predicted octanol–water partition coefficient (Wildman–Crippen LogP) is 14.8. The lowest BCUT2D eigenvalue weighted by Crippen LogP contribution is -2.11. The van der Waals surface area contributed by atoms with Gasteiger partial charge in [-0.3, -0.25) is 0 Å². The molecule has 0 aliphatic heterocycles. The Labute approximate surface area is 271 Å². The Bertz CT molecular complexity index is 468. The highest BCUT2D eigenvalue weighted by Crippen LogP contribution is 2.23. The van der Waals surface area contributed by atoms with Gasteiger partial charge in [-0.25, -0.2) is 0 Å². The zero-order valence-electron chi connectivity index (χ0n) is 28.3. The molecular formula is C37H77Cl2NSi. The van der Waals surface area contributed by atoms with E-state index >= 15 is 0 Å². The third-order valence-electron chi connectivity index (χ3n) is 9.07. The second-order valence-corrected chi connectivity index (χ2v) is 21.9. The molecule has 2 N–H and O–H groups in total. The van der Waals surface area contributed by atoms with Crippen molar-refractivity contribution in [2.45, 2.75) is 231 Å². The quantitative estimate of drug-likeness (QED) is 0.0414. The molecule has 0 aromatic rings. The summed E-state index contributed by atoms with van der Waals surface area (Å²) in [6, 6.07) is 1.06. The summed E-state index contributed by atoms with van der Waals surface area (Å²) in [6.07, 6.45) is 48.9. The minimum atomic E-state index is -1.84. The molecule has 0 unspecified atom stereocenters. The number of halogens is 2. The number of nitrogens with two attached hydrogens (primary N) is 1. The highest BCUT2D eigenvalue weighted by molar-refractivity contribution is 7.44. The summed E-state index contributed by atoms with van der Waals surface area (Å²) >= 11 is 12.3. The molecule has 0 aliphatic carbocycles. The molecule has 0 radical (unpaired) electrons. The van der Waals surface area contributed by atoms with Gasteiger partial charge in [-0.2, -0.15) is 0 Å². The van der Waals surface area contributed by atoms with Crippen LogP contribution in [-0.4, -0.2) is 13.2 Å². The van der Waals surface area contributed by atoms with Crippen molar-refractivity contribution in [2.75, 3.05) is 6.54 Å². The molecule has 0 amide bonds. The summed E-state index contributed by atoms with van der Waals surface area (Å²) in [6.45, 7) is 1.07. The SMILES string of the molecule is C[Si](Cl)(Cl)CCCCCCCCCCCCCCCCCCCCCCCCCCCCCCCCCCCCN. The van der Waals surface area contributed by atoms with Crippen LogP contribution in [0.15, 0.2) is 0 Å². The average molecular weight is 635 g/mol. The van der Waals surface area contributed by atoms with Crippen molar-refractivity contribution >= 4 is 28.9 Å². The molecule has 4 heteroatoms. The van der Waals surface area contributed by atoms with E-state index in [1.165, 1.54) is 218 Å². The van der Waals surface area contributed by atoms with Gasteiger partial charge in [0.25, 0.3) is 0 Å². The van der Waals surface area contributed by atoms with Crippen LogP contribution >= 0.6 is 22.2 Å². The predicted molar refractivity (Wildman–Crippen MR) is 194 cm³/mol. The fourth-order valence-corrected chi connectivity index (χ4v) is 7.91. The first-order valence-corrected chi connectivity index (χ1v) is 23.9. The molecule has 0 saturated carbocycles. The van der Waals surface area contributed by atoms with Crippen LogP contribution in [0.2, 0.25) is 12.6 Å². The van der Waals surface area contributed by atoms with Gasteiger partial charge in [0.15, 0.2) is 0 Å². The van der Waals surface area contributed by atoms with Crippen LogP contribution in [0.3, 0.4) is 0 Å². The van der Waals surface area contributed by atoms with Gasteiger partial charge in [-0.05, 0) is 25.6 Å². The van der Waals surface area contributed by atoms with Crippen molar-refractivity contribution in [1.82, 2.24) is 0 Å². The summed E-state index contributed by atoms with van der Waals surface area (Å²) in [7, 11) is 0. The van der Waals surface area contributed by atoms with Crippen molar-refractivity contribution in [3.63, 3.8) is 0 Å². The highest BCUT2D eigenvalue weighted by atomic mass is 35.7. The standard InChI is InChI=1S/C37H77Cl2NSi/c1-41(38,39)37-35-33-31-29-27-25-23-21-19-17-15-13-11-9-7-5-3-2-4-6-8-10-12-14-16-18-20-22-24-26-28-30-32-34-36-40/h2-37,40H2,1H3. The molecule has 248 valence electrons. The first-order chi connectivity index (χ1) is 20.1. The summed E-state index contributed by atoms with van der Waals surface area (Å²) in [5.74, 6) is 0. The van der Waals surface area contributed by atoms with Crippen LogP contribution < -0.4 is 5.73 Å². The lowest BCUT2D eigenvalue weighted by atomic mass is 10.0. The topological polar surface area (TPSA) is 26.0 Å². The Morgan fingerprint density at radius 1 is 0.293 bits per heavy atom. The summed E-state index contributed by atoms with van der Waals surface area (Å²) in [4.78, 5) is 0. The lowest BCUT2D eigenvalue weighted by molar-refractivity contribution is 0.511. The van der Waals surface area contributed by atoms with Gasteiger partial charge in [-0.1, -0.05) is 212 Å². The molecule has 0 rings (SSSR count). The van der Waals surface area contributed by atoms with E-state index in [-0.39, 0.29) is 0 Å². The molecule has 41 heavy (non-hydrogen) atoms. The van der Waals surface area contributed by atoms with Crippen LogP contribution in [0.5, 0.6) is 0 Å². The van der Waals surface area contributed by atoms with Crippen LogP contribution in [0, 0.1) is 0 Å². The van der Waals surface area contributed by atoms with Crippen molar-refractivity contribution in [3.05, 3.63) is 0 Å². The maximum Gasteiger partial charge on any atom is 0.248 e. The van der Waals surface area contributed by atoms with Gasteiger partial charge in [0.2, 0.25) is 6.69 Å². The second-order valence-electron chi connectivity index (χ2n) is 13.6. The summed E-state index contributed by atoms with van der Waals surface area (Å²) in [5.41, 5.74) is 5.55. The molecule has 0 atom stereocenters. The van der Waals surface area contributed by atoms with Gasteiger partial charge in [0.05, 0.1) is 0 Å². The third-order valence-corrected chi connectivity index (χ3v) is 11.4. The first kappa shape index (κ1) is 41.8. The van der Waals surface area contributed by atoms with Crippen LogP contribution in [0.1, 0.15) is 218 Å². The van der Waals surface area contributed by atoms with E-state index in [9.17, 15) is 0 Å². The monoisotopic (exact) mass is 634 g/mol. The molecule has 0 heterocycles. The number of rotatable bonds is 36. The zero-order chi connectivity index (χ0) is 30.0. The van der Waals surface area contributed by atoms with Crippen LogP contribution in [-0.2, 0) is 0 Å². The third kappa shape index (κ3) is 40.8. The first-order valence-electron chi connectivity index (χ1n) is 19.1. The van der Waals surface area contributed by atoms with E-state index in [0.717, 1.165) is 12.6 Å². The van der Waals surface area contributed by atoms with Gasteiger partial charge in [0.1, 0.15) is 0 Å². The molecule has 0 saturated heterocycles. The van der Waals surface area contributed by atoms with Crippen molar-refractivity contribution < 1.29 is 0 Å². The Morgan fingerprint density at radius 2 is 0.439 bits per heavy atom. The molecular weight excluding hydrogens is 557 g/mol. The maximum atomic E-state index is 6.16. The number of hydrogen-bond acceptors (Lipinski definition) is 1. The van der Waals surface area contributed by atoms with E-state index in [1.807, 2.05) is 6.55 Å². The van der Waals surface area contributed by atoms with Crippen LogP contribution in [0.25, 0.3) is 0 Å². The summed E-state index contributed by atoms with van der Waals surface area (Å²) < 4.78 is 0. The average Bonchev–Trinajstić information content (AvgIpc) is 2.94.